The Labute approximate surface area is 176 Å². The maximum atomic E-state index is 13.3. The number of para-hydroxylation sites is 1. The van der Waals surface area contributed by atoms with Gasteiger partial charge >= 0.3 is 0 Å². The van der Waals surface area contributed by atoms with E-state index in [0.717, 1.165) is 29.1 Å². The lowest BCUT2D eigenvalue weighted by molar-refractivity contribution is -0.119. The van der Waals surface area contributed by atoms with Gasteiger partial charge in [-0.2, -0.15) is 0 Å². The second kappa shape index (κ2) is 8.22. The molecule has 4 rings (SSSR count). The van der Waals surface area contributed by atoms with Gasteiger partial charge in [0, 0.05) is 41.3 Å². The molecular weight excluding hydrogens is 382 g/mol. The molecule has 30 heavy (non-hydrogen) atoms. The number of carbonyl (C=O) groups is 2. The number of hydrogen-bond acceptors (Lipinski definition) is 5. The number of Topliss-reactive ketones (excluding diaryl/α,β-unsaturated/α-hetero) is 1. The summed E-state index contributed by atoms with van der Waals surface area (Å²) in [7, 11) is 4.76. The molecule has 2 aromatic rings. The third kappa shape index (κ3) is 3.32. The van der Waals surface area contributed by atoms with Gasteiger partial charge in [-0.15, -0.1) is 0 Å². The Morgan fingerprint density at radius 1 is 0.900 bits per heavy atom. The summed E-state index contributed by atoms with van der Waals surface area (Å²) in [5.74, 6) is 1.59. The number of allylic oxidation sites excluding steroid dienone is 2. The summed E-state index contributed by atoms with van der Waals surface area (Å²) in [4.78, 5) is 28.1. The minimum Gasteiger partial charge on any atom is -0.497 e. The van der Waals surface area contributed by atoms with Gasteiger partial charge in [-0.1, -0.05) is 12.1 Å². The molecule has 1 heterocycles. The zero-order chi connectivity index (χ0) is 21.3. The van der Waals surface area contributed by atoms with Crippen LogP contribution in [0.3, 0.4) is 0 Å². The molecule has 0 spiro atoms. The Balaban J connectivity index is 1.86. The van der Waals surface area contributed by atoms with Crippen LogP contribution in [-0.4, -0.2) is 33.0 Å². The largest absolute Gasteiger partial charge is 0.497 e. The molecule has 0 fully saturated rings. The predicted molar refractivity (Wildman–Crippen MR) is 113 cm³/mol. The van der Waals surface area contributed by atoms with Crippen LogP contribution < -0.4 is 19.1 Å². The molecule has 0 aromatic heterocycles. The second-order valence-electron chi connectivity index (χ2n) is 7.40. The fourth-order valence-corrected chi connectivity index (χ4v) is 4.48. The number of hydrogen-bond donors (Lipinski definition) is 0. The molecule has 1 aliphatic carbocycles. The fraction of sp³-hybridized carbons (Fsp3) is 0.333. The van der Waals surface area contributed by atoms with E-state index in [4.69, 9.17) is 14.2 Å². The molecule has 1 atom stereocenters. The Hall–Kier alpha value is -3.28. The second-order valence-corrected chi connectivity index (χ2v) is 7.40. The van der Waals surface area contributed by atoms with Crippen molar-refractivity contribution in [2.24, 2.45) is 0 Å². The SMILES string of the molecule is COc1ccc(N2C(=O)CC(c3cccc(OC)c3OC)C3=C2CCCC3=O)cc1. The number of amides is 1. The molecule has 6 heteroatoms. The highest BCUT2D eigenvalue weighted by atomic mass is 16.5. The number of anilines is 1. The van der Waals surface area contributed by atoms with Crippen LogP contribution in [0.5, 0.6) is 17.2 Å². The summed E-state index contributed by atoms with van der Waals surface area (Å²) >= 11 is 0. The molecule has 1 aliphatic heterocycles. The van der Waals surface area contributed by atoms with Crippen molar-refractivity contribution < 1.29 is 23.8 Å². The van der Waals surface area contributed by atoms with Gasteiger partial charge in [0.05, 0.1) is 21.3 Å². The van der Waals surface area contributed by atoms with Gasteiger partial charge in [0.1, 0.15) is 5.75 Å². The van der Waals surface area contributed by atoms with Crippen molar-refractivity contribution in [2.75, 3.05) is 26.2 Å². The van der Waals surface area contributed by atoms with E-state index in [0.29, 0.717) is 29.9 Å². The lowest BCUT2D eigenvalue weighted by atomic mass is 9.76. The maximum Gasteiger partial charge on any atom is 0.232 e. The van der Waals surface area contributed by atoms with Crippen LogP contribution in [-0.2, 0) is 9.59 Å². The Bertz CT molecular complexity index is 1010. The van der Waals surface area contributed by atoms with Gasteiger partial charge in [0.2, 0.25) is 5.91 Å². The van der Waals surface area contributed by atoms with E-state index in [2.05, 4.69) is 0 Å². The first-order valence-electron chi connectivity index (χ1n) is 10.0. The van der Waals surface area contributed by atoms with E-state index in [9.17, 15) is 9.59 Å². The lowest BCUT2D eigenvalue weighted by Crippen LogP contribution is -2.40. The number of rotatable bonds is 5. The van der Waals surface area contributed by atoms with Crippen molar-refractivity contribution in [1.82, 2.24) is 0 Å². The van der Waals surface area contributed by atoms with Crippen LogP contribution >= 0.6 is 0 Å². The number of methoxy groups -OCH3 is 3. The molecule has 0 saturated carbocycles. The minimum absolute atomic E-state index is 0.0384. The smallest absolute Gasteiger partial charge is 0.232 e. The van der Waals surface area contributed by atoms with Crippen LogP contribution in [0.25, 0.3) is 0 Å². The van der Waals surface area contributed by atoms with Gasteiger partial charge < -0.3 is 14.2 Å². The monoisotopic (exact) mass is 407 g/mol. The molecule has 0 radical (unpaired) electrons. The summed E-state index contributed by atoms with van der Waals surface area (Å²) in [6, 6.07) is 12.9. The van der Waals surface area contributed by atoms with Crippen LogP contribution in [0.1, 0.15) is 37.2 Å². The van der Waals surface area contributed by atoms with E-state index in [1.165, 1.54) is 0 Å². The zero-order valence-electron chi connectivity index (χ0n) is 17.4. The standard InChI is InChI=1S/C24H25NO5/c1-28-16-12-10-15(11-13-16)25-19-7-5-8-20(26)23(19)18(14-22(25)27)17-6-4-9-21(29-2)24(17)30-3/h4,6,9-13,18H,5,7-8,14H2,1-3H3. The third-order valence-electron chi connectivity index (χ3n) is 5.81. The number of carbonyl (C=O) groups excluding carboxylic acids is 2. The van der Waals surface area contributed by atoms with Crippen LogP contribution in [0.4, 0.5) is 5.69 Å². The van der Waals surface area contributed by atoms with E-state index in [-0.39, 0.29) is 24.0 Å². The number of nitrogens with zero attached hydrogens (tertiary/aromatic N) is 1. The molecule has 156 valence electrons. The van der Waals surface area contributed by atoms with Gasteiger partial charge in [-0.25, -0.2) is 0 Å². The van der Waals surface area contributed by atoms with E-state index < -0.39 is 0 Å². The first-order chi connectivity index (χ1) is 14.6. The van der Waals surface area contributed by atoms with Crippen molar-refractivity contribution in [3.63, 3.8) is 0 Å². The molecule has 0 bridgehead atoms. The van der Waals surface area contributed by atoms with Gasteiger partial charge in [-0.05, 0) is 43.2 Å². The van der Waals surface area contributed by atoms with Gasteiger partial charge in [0.25, 0.3) is 0 Å². The molecule has 2 aromatic carbocycles. The maximum absolute atomic E-state index is 13.3. The summed E-state index contributed by atoms with van der Waals surface area (Å²) in [6.45, 7) is 0. The molecule has 6 nitrogen and oxygen atoms in total. The van der Waals surface area contributed by atoms with Crippen molar-refractivity contribution in [1.29, 1.82) is 0 Å². The first-order valence-corrected chi connectivity index (χ1v) is 10.0. The highest BCUT2D eigenvalue weighted by Crippen LogP contribution is 2.47. The van der Waals surface area contributed by atoms with E-state index in [1.807, 2.05) is 42.5 Å². The average molecular weight is 407 g/mol. The average Bonchev–Trinajstić information content (AvgIpc) is 2.78. The van der Waals surface area contributed by atoms with E-state index >= 15 is 0 Å². The zero-order valence-corrected chi connectivity index (χ0v) is 17.4. The molecule has 1 unspecified atom stereocenters. The van der Waals surface area contributed by atoms with E-state index in [1.54, 1.807) is 26.2 Å². The van der Waals surface area contributed by atoms with Crippen LogP contribution in [0.2, 0.25) is 0 Å². The number of ketones is 1. The highest BCUT2D eigenvalue weighted by molar-refractivity contribution is 6.07. The van der Waals surface area contributed by atoms with Crippen LogP contribution in [0.15, 0.2) is 53.7 Å². The molecule has 1 amide bonds. The molecule has 0 N–H and O–H groups in total. The predicted octanol–water partition coefficient (Wildman–Crippen LogP) is 4.24. The number of benzene rings is 2. The third-order valence-corrected chi connectivity index (χ3v) is 5.81. The quantitative estimate of drug-likeness (QED) is 0.742. The summed E-state index contributed by atoms with van der Waals surface area (Å²) < 4.78 is 16.3. The molecule has 2 aliphatic rings. The van der Waals surface area contributed by atoms with Gasteiger partial charge in [0.15, 0.2) is 17.3 Å². The normalized spacial score (nSPS) is 18.9. The molecule has 0 saturated heterocycles. The minimum atomic E-state index is -0.347. The highest BCUT2D eigenvalue weighted by Gasteiger charge is 2.41. The Morgan fingerprint density at radius 2 is 1.67 bits per heavy atom. The molecular formula is C24H25NO5. The van der Waals surface area contributed by atoms with Crippen molar-refractivity contribution >= 4 is 17.4 Å². The van der Waals surface area contributed by atoms with Gasteiger partial charge in [-0.3, -0.25) is 14.5 Å². The van der Waals surface area contributed by atoms with Crippen molar-refractivity contribution in [2.45, 2.75) is 31.6 Å². The lowest BCUT2D eigenvalue weighted by Gasteiger charge is -2.38. The van der Waals surface area contributed by atoms with Crippen molar-refractivity contribution in [3.05, 3.63) is 59.3 Å². The first kappa shape index (κ1) is 20.0. The number of ether oxygens (including phenoxy) is 3. The Kier molecular flexibility index (Phi) is 5.48. The Morgan fingerprint density at radius 3 is 2.33 bits per heavy atom. The topological polar surface area (TPSA) is 65.1 Å². The van der Waals surface area contributed by atoms with Crippen LogP contribution in [0, 0.1) is 0 Å². The van der Waals surface area contributed by atoms with Crippen molar-refractivity contribution in [3.8, 4) is 17.2 Å². The fourth-order valence-electron chi connectivity index (χ4n) is 4.48. The summed E-state index contributed by atoms with van der Waals surface area (Å²) in [5.41, 5.74) is 3.06. The summed E-state index contributed by atoms with van der Waals surface area (Å²) in [5, 5.41) is 0. The summed E-state index contributed by atoms with van der Waals surface area (Å²) in [6.07, 6.45) is 2.10.